The molecule has 3 N–H and O–H groups in total. The number of benzene rings is 1. The molecular formula is C17H11F6N7O2. The van der Waals surface area contributed by atoms with Gasteiger partial charge in [-0.3, -0.25) is 0 Å². The molecule has 15 heteroatoms. The minimum atomic E-state index is -5.06. The number of H-pyrrole nitrogens is 1. The summed E-state index contributed by atoms with van der Waals surface area (Å²) in [6, 6.07) is 4.73. The number of aromatic nitrogens is 6. The predicted octanol–water partition coefficient (Wildman–Crippen LogP) is 3.62. The predicted molar refractivity (Wildman–Crippen MR) is 95.7 cm³/mol. The number of nitrogens with two attached hydrogens (primary N) is 1. The van der Waals surface area contributed by atoms with Crippen LogP contribution in [-0.2, 0) is 12.8 Å². The number of nitrogens with one attached hydrogen (secondary N) is 1. The average molecular weight is 459 g/mol. The summed E-state index contributed by atoms with van der Waals surface area (Å²) in [5.74, 6) is -0.521. The van der Waals surface area contributed by atoms with Crippen LogP contribution in [0.2, 0.25) is 0 Å². The number of imidazole rings is 1. The van der Waals surface area contributed by atoms with Gasteiger partial charge in [0, 0.05) is 23.9 Å². The van der Waals surface area contributed by atoms with Crippen molar-refractivity contribution < 1.29 is 35.8 Å². The largest absolute Gasteiger partial charge is 0.573 e. The topological polar surface area (TPSA) is 117 Å². The molecule has 1 aromatic carbocycles. The Morgan fingerprint density at radius 3 is 2.50 bits per heavy atom. The van der Waals surface area contributed by atoms with E-state index in [-0.39, 0.29) is 34.0 Å². The summed E-state index contributed by atoms with van der Waals surface area (Å²) in [6.45, 7) is -0.408. The molecule has 0 amide bonds. The highest BCUT2D eigenvalue weighted by Gasteiger charge is 2.34. The van der Waals surface area contributed by atoms with E-state index in [0.29, 0.717) is 6.20 Å². The lowest BCUT2D eigenvalue weighted by molar-refractivity contribution is -0.275. The standard InChI is InChI=1S/C17H11F6N7O2/c18-16(19,20)12-5-30(7-25-12)9-2-1-8(10(3-9)32-17(21,22)23)6-31-11-4-13(24)26-15-14(11)27-29-28-15/h1-5,7H,6H2,(H3,24,26,27,28,29). The minimum absolute atomic E-state index is 0.0388. The quantitative estimate of drug-likeness (QED) is 0.438. The number of nitrogens with zero attached hydrogens (tertiary/aromatic N) is 5. The normalized spacial score (nSPS) is 12.3. The lowest BCUT2D eigenvalue weighted by Crippen LogP contribution is -2.18. The van der Waals surface area contributed by atoms with Gasteiger partial charge in [-0.1, -0.05) is 0 Å². The van der Waals surface area contributed by atoms with Crippen LogP contribution in [0.3, 0.4) is 0 Å². The number of hydrogen-bond donors (Lipinski definition) is 2. The van der Waals surface area contributed by atoms with Crippen molar-refractivity contribution in [2.45, 2.75) is 19.1 Å². The summed E-state index contributed by atoms with van der Waals surface area (Å²) >= 11 is 0. The first-order valence-electron chi connectivity index (χ1n) is 8.59. The van der Waals surface area contributed by atoms with Crippen LogP contribution in [0.1, 0.15) is 11.3 Å². The summed E-state index contributed by atoms with van der Waals surface area (Å²) in [6.07, 6.45) is -8.29. The average Bonchev–Trinajstić information content (AvgIpc) is 3.34. The van der Waals surface area contributed by atoms with Crippen molar-refractivity contribution >= 4 is 17.0 Å². The highest BCUT2D eigenvalue weighted by atomic mass is 19.4. The summed E-state index contributed by atoms with van der Waals surface area (Å²) in [4.78, 5) is 7.13. The molecule has 9 nitrogen and oxygen atoms in total. The number of ether oxygens (including phenoxy) is 2. The van der Waals surface area contributed by atoms with Crippen molar-refractivity contribution in [3.63, 3.8) is 0 Å². The van der Waals surface area contributed by atoms with Crippen LogP contribution in [-0.4, -0.2) is 36.3 Å². The number of rotatable bonds is 5. The van der Waals surface area contributed by atoms with Crippen LogP contribution in [0, 0.1) is 0 Å². The van der Waals surface area contributed by atoms with Crippen molar-refractivity contribution in [2.24, 2.45) is 0 Å². The van der Waals surface area contributed by atoms with Crippen molar-refractivity contribution in [1.82, 2.24) is 29.9 Å². The Balaban J connectivity index is 1.65. The molecule has 0 radical (unpaired) electrons. The Kier molecular flexibility index (Phi) is 5.02. The van der Waals surface area contributed by atoms with Gasteiger partial charge in [-0.15, -0.1) is 18.3 Å². The van der Waals surface area contributed by atoms with Crippen LogP contribution in [0.4, 0.5) is 32.2 Å². The number of pyridine rings is 1. The molecule has 3 heterocycles. The van der Waals surface area contributed by atoms with Gasteiger partial charge in [0.1, 0.15) is 18.2 Å². The number of fused-ring (bicyclic) bond motifs is 1. The molecule has 4 rings (SSSR count). The molecule has 0 aliphatic carbocycles. The van der Waals surface area contributed by atoms with E-state index in [0.717, 1.165) is 17.0 Å². The van der Waals surface area contributed by atoms with Crippen LogP contribution in [0.15, 0.2) is 36.8 Å². The maximum Gasteiger partial charge on any atom is 0.573 e. The van der Waals surface area contributed by atoms with Crippen molar-refractivity contribution in [3.8, 4) is 17.2 Å². The maximum atomic E-state index is 12.9. The molecule has 0 atom stereocenters. The fourth-order valence-corrected chi connectivity index (χ4v) is 2.74. The molecule has 0 spiro atoms. The molecule has 0 fully saturated rings. The minimum Gasteiger partial charge on any atom is -0.486 e. The van der Waals surface area contributed by atoms with E-state index in [4.69, 9.17) is 10.5 Å². The zero-order valence-electron chi connectivity index (χ0n) is 15.6. The first kappa shape index (κ1) is 21.2. The number of nitrogen functional groups attached to an aromatic ring is 1. The molecule has 0 aliphatic rings. The monoisotopic (exact) mass is 459 g/mol. The molecule has 32 heavy (non-hydrogen) atoms. The van der Waals surface area contributed by atoms with Gasteiger partial charge in [0.05, 0.1) is 12.0 Å². The van der Waals surface area contributed by atoms with Crippen LogP contribution in [0.25, 0.3) is 16.9 Å². The maximum absolute atomic E-state index is 12.9. The molecule has 168 valence electrons. The highest BCUT2D eigenvalue weighted by molar-refractivity contribution is 5.78. The fraction of sp³-hybridized carbons (Fsp3) is 0.176. The van der Waals surface area contributed by atoms with Crippen LogP contribution >= 0.6 is 0 Å². The Morgan fingerprint density at radius 2 is 1.81 bits per heavy atom. The van der Waals surface area contributed by atoms with E-state index in [2.05, 4.69) is 30.1 Å². The van der Waals surface area contributed by atoms with E-state index in [9.17, 15) is 26.3 Å². The molecule has 4 aromatic rings. The third kappa shape index (κ3) is 4.50. The van der Waals surface area contributed by atoms with Gasteiger partial charge in [-0.2, -0.15) is 23.5 Å². The molecular weight excluding hydrogens is 448 g/mol. The molecule has 3 aromatic heterocycles. The number of anilines is 1. The molecule has 0 unspecified atom stereocenters. The molecule has 0 bridgehead atoms. The van der Waals surface area contributed by atoms with Gasteiger partial charge < -0.3 is 19.8 Å². The summed E-state index contributed by atoms with van der Waals surface area (Å²) < 4.78 is 87.6. The fourth-order valence-electron chi connectivity index (χ4n) is 2.74. The summed E-state index contributed by atoms with van der Waals surface area (Å²) in [5, 5.41) is 9.92. The number of aromatic amines is 1. The lowest BCUT2D eigenvalue weighted by Gasteiger charge is -2.16. The van der Waals surface area contributed by atoms with Crippen LogP contribution in [0.5, 0.6) is 11.5 Å². The number of hydrogen-bond acceptors (Lipinski definition) is 7. The second-order valence-corrected chi connectivity index (χ2v) is 6.33. The third-order valence-electron chi connectivity index (χ3n) is 4.11. The Labute approximate surface area is 173 Å². The zero-order valence-corrected chi connectivity index (χ0v) is 15.6. The first-order valence-corrected chi connectivity index (χ1v) is 8.59. The van der Waals surface area contributed by atoms with Gasteiger partial charge in [0.2, 0.25) is 5.65 Å². The third-order valence-corrected chi connectivity index (χ3v) is 4.11. The second kappa shape index (κ2) is 7.58. The molecule has 0 saturated heterocycles. The molecule has 0 saturated carbocycles. The highest BCUT2D eigenvalue weighted by Crippen LogP contribution is 2.32. The van der Waals surface area contributed by atoms with E-state index >= 15 is 0 Å². The van der Waals surface area contributed by atoms with E-state index < -0.39 is 30.6 Å². The van der Waals surface area contributed by atoms with Gasteiger partial charge in [0.15, 0.2) is 17.0 Å². The number of alkyl halides is 6. The van der Waals surface area contributed by atoms with E-state index in [1.165, 1.54) is 18.2 Å². The number of halogens is 6. The van der Waals surface area contributed by atoms with E-state index in [1.54, 1.807) is 0 Å². The zero-order chi connectivity index (χ0) is 23.1. The Morgan fingerprint density at radius 1 is 1.03 bits per heavy atom. The van der Waals surface area contributed by atoms with Gasteiger partial charge in [-0.25, -0.2) is 9.97 Å². The van der Waals surface area contributed by atoms with Gasteiger partial charge in [-0.05, 0) is 12.1 Å². The van der Waals surface area contributed by atoms with Gasteiger partial charge >= 0.3 is 12.5 Å². The van der Waals surface area contributed by atoms with Gasteiger partial charge in [0.25, 0.3) is 0 Å². The van der Waals surface area contributed by atoms with E-state index in [1.807, 2.05) is 0 Å². The van der Waals surface area contributed by atoms with Crippen molar-refractivity contribution in [3.05, 3.63) is 48.0 Å². The Hall–Kier alpha value is -4.04. The molecule has 0 aliphatic heterocycles. The van der Waals surface area contributed by atoms with Crippen molar-refractivity contribution in [2.75, 3.05) is 5.73 Å². The van der Waals surface area contributed by atoms with Crippen molar-refractivity contribution in [1.29, 1.82) is 0 Å². The SMILES string of the molecule is Nc1cc(OCc2ccc(-n3cnc(C(F)(F)F)c3)cc2OC(F)(F)F)c2n[nH]nc2n1. The first-order chi connectivity index (χ1) is 15.0. The summed E-state index contributed by atoms with van der Waals surface area (Å²) in [5.41, 5.74) is 4.71. The van der Waals surface area contributed by atoms with Crippen LogP contribution < -0.4 is 15.2 Å². The lowest BCUT2D eigenvalue weighted by atomic mass is 10.2. The second-order valence-electron chi connectivity index (χ2n) is 6.33. The smallest absolute Gasteiger partial charge is 0.486 e. The summed E-state index contributed by atoms with van der Waals surface area (Å²) in [7, 11) is 0. The Bertz CT molecular complexity index is 1260.